The van der Waals surface area contributed by atoms with E-state index in [4.69, 9.17) is 5.26 Å². The molecule has 0 radical (unpaired) electrons. The lowest BCUT2D eigenvalue weighted by Gasteiger charge is -2.02. The van der Waals surface area contributed by atoms with Crippen LogP contribution in [-0.4, -0.2) is 0 Å². The zero-order chi connectivity index (χ0) is 8.48. The predicted octanol–water partition coefficient (Wildman–Crippen LogP) is 2.64. The molecule has 0 unspecified atom stereocenters. The Labute approximate surface area is 64.7 Å². The second-order valence-corrected chi connectivity index (χ2v) is 2.55. The maximum absolute atomic E-state index is 11.9. The summed E-state index contributed by atoms with van der Waals surface area (Å²) in [4.78, 5) is 0. The summed E-state index contributed by atoms with van der Waals surface area (Å²) in [6.45, 7) is 0. The number of hydrogen-bond donors (Lipinski definition) is 0. The Morgan fingerprint density at radius 2 is 2.00 bits per heavy atom. The van der Waals surface area contributed by atoms with E-state index in [1.165, 1.54) is 11.4 Å². The normalized spacial score (nSPS) is 11.1. The highest BCUT2D eigenvalue weighted by atomic mass is 32.1. The van der Waals surface area contributed by atoms with Crippen LogP contribution in [0, 0.1) is 11.3 Å². The van der Waals surface area contributed by atoms with Crippen LogP contribution in [0.5, 0.6) is 0 Å². The van der Waals surface area contributed by atoms with E-state index in [9.17, 15) is 13.2 Å². The molecule has 0 spiro atoms. The summed E-state index contributed by atoms with van der Waals surface area (Å²) in [5.41, 5.74) is -1.15. The van der Waals surface area contributed by atoms with Gasteiger partial charge in [-0.2, -0.15) is 29.8 Å². The van der Waals surface area contributed by atoms with E-state index in [1.807, 2.05) is 0 Å². The molecule has 0 fully saturated rings. The molecule has 1 rings (SSSR count). The van der Waals surface area contributed by atoms with Gasteiger partial charge in [0, 0.05) is 10.8 Å². The van der Waals surface area contributed by atoms with Gasteiger partial charge in [-0.05, 0) is 0 Å². The number of halogens is 3. The van der Waals surface area contributed by atoms with E-state index in [0.717, 1.165) is 16.7 Å². The van der Waals surface area contributed by atoms with E-state index >= 15 is 0 Å². The summed E-state index contributed by atoms with van der Waals surface area (Å²) >= 11 is 0.875. The van der Waals surface area contributed by atoms with Crippen molar-refractivity contribution >= 4 is 11.3 Å². The highest BCUT2D eigenvalue weighted by Crippen LogP contribution is 2.33. The van der Waals surface area contributed by atoms with Gasteiger partial charge in [0.2, 0.25) is 0 Å². The molecule has 1 aromatic heterocycles. The van der Waals surface area contributed by atoms with Crippen LogP contribution in [0.1, 0.15) is 11.1 Å². The van der Waals surface area contributed by atoms with Crippen molar-refractivity contribution in [1.29, 1.82) is 5.26 Å². The molecule has 0 aliphatic rings. The lowest BCUT2D eigenvalue weighted by Crippen LogP contribution is -2.04. The molecule has 11 heavy (non-hydrogen) atoms. The summed E-state index contributed by atoms with van der Waals surface area (Å²) in [5, 5.41) is 10.3. The van der Waals surface area contributed by atoms with Gasteiger partial charge in [-0.25, -0.2) is 0 Å². The molecule has 0 amide bonds. The van der Waals surface area contributed by atoms with Gasteiger partial charge in [0.15, 0.2) is 0 Å². The third-order valence-electron chi connectivity index (χ3n) is 1.09. The highest BCUT2D eigenvalue weighted by Gasteiger charge is 2.33. The summed E-state index contributed by atoms with van der Waals surface area (Å²) in [6, 6.07) is 1.47. The number of rotatable bonds is 0. The van der Waals surface area contributed by atoms with E-state index in [1.54, 1.807) is 0 Å². The quantitative estimate of drug-likeness (QED) is 0.597. The standard InChI is InChI=1S/C6H2F3NS/c7-6(8,9)5-3-11-2-4(5)1-10/h2-3H. The van der Waals surface area contributed by atoms with Gasteiger partial charge in [-0.15, -0.1) is 0 Å². The van der Waals surface area contributed by atoms with Crippen molar-refractivity contribution in [2.75, 3.05) is 0 Å². The topological polar surface area (TPSA) is 23.8 Å². The Morgan fingerprint density at radius 1 is 1.36 bits per heavy atom. The van der Waals surface area contributed by atoms with E-state index in [-0.39, 0.29) is 5.56 Å². The van der Waals surface area contributed by atoms with Gasteiger partial charge >= 0.3 is 6.18 Å². The SMILES string of the molecule is N#Cc1cscc1C(F)(F)F. The summed E-state index contributed by atoms with van der Waals surface area (Å²) < 4.78 is 35.8. The van der Waals surface area contributed by atoms with Crippen LogP contribution in [0.2, 0.25) is 0 Å². The van der Waals surface area contributed by atoms with Gasteiger partial charge in [0.25, 0.3) is 0 Å². The third-order valence-corrected chi connectivity index (χ3v) is 1.83. The van der Waals surface area contributed by atoms with Crippen molar-refractivity contribution in [2.24, 2.45) is 0 Å². The van der Waals surface area contributed by atoms with Gasteiger partial charge in [-0.3, -0.25) is 0 Å². The second-order valence-electron chi connectivity index (χ2n) is 1.81. The molecular formula is C6H2F3NS. The lowest BCUT2D eigenvalue weighted by atomic mass is 10.2. The second kappa shape index (κ2) is 2.55. The van der Waals surface area contributed by atoms with Crippen molar-refractivity contribution in [1.82, 2.24) is 0 Å². The molecule has 0 aliphatic carbocycles. The average molecular weight is 177 g/mol. The van der Waals surface area contributed by atoms with E-state index < -0.39 is 11.7 Å². The van der Waals surface area contributed by atoms with Crippen LogP contribution in [0.4, 0.5) is 13.2 Å². The molecule has 1 aromatic rings. The average Bonchev–Trinajstić information content (AvgIpc) is 2.31. The molecule has 5 heteroatoms. The monoisotopic (exact) mass is 177 g/mol. The van der Waals surface area contributed by atoms with Crippen molar-refractivity contribution in [3.63, 3.8) is 0 Å². The molecular weight excluding hydrogens is 175 g/mol. The first kappa shape index (κ1) is 8.08. The summed E-state index contributed by atoms with van der Waals surface area (Å²) in [5.74, 6) is 0. The molecule has 0 N–H and O–H groups in total. The molecule has 0 aromatic carbocycles. The van der Waals surface area contributed by atoms with Gasteiger partial charge in [0.1, 0.15) is 6.07 Å². The van der Waals surface area contributed by atoms with E-state index in [2.05, 4.69) is 0 Å². The Bertz CT molecular complexity index is 294. The zero-order valence-electron chi connectivity index (χ0n) is 5.14. The number of alkyl halides is 3. The Morgan fingerprint density at radius 3 is 2.36 bits per heavy atom. The minimum atomic E-state index is -4.40. The molecule has 1 heterocycles. The molecule has 0 bridgehead atoms. The molecule has 58 valence electrons. The fourth-order valence-corrected chi connectivity index (χ4v) is 1.38. The lowest BCUT2D eigenvalue weighted by molar-refractivity contribution is -0.137. The summed E-state index contributed by atoms with van der Waals surface area (Å²) in [6.07, 6.45) is -4.40. The fraction of sp³-hybridized carbons (Fsp3) is 0.167. The number of nitriles is 1. The Kier molecular flexibility index (Phi) is 1.87. The number of thiophene rings is 1. The molecule has 0 saturated heterocycles. The first-order chi connectivity index (χ1) is 5.05. The predicted molar refractivity (Wildman–Crippen MR) is 34.0 cm³/mol. The van der Waals surface area contributed by atoms with Crippen LogP contribution in [0.25, 0.3) is 0 Å². The van der Waals surface area contributed by atoms with Crippen LogP contribution >= 0.6 is 11.3 Å². The fourth-order valence-electron chi connectivity index (χ4n) is 0.603. The van der Waals surface area contributed by atoms with Crippen LogP contribution in [0.15, 0.2) is 10.8 Å². The Balaban J connectivity index is 3.15. The van der Waals surface area contributed by atoms with Crippen LogP contribution < -0.4 is 0 Å². The first-order valence-corrected chi connectivity index (χ1v) is 3.53. The number of hydrogen-bond acceptors (Lipinski definition) is 2. The maximum atomic E-state index is 11.9. The molecule has 0 saturated carbocycles. The molecule has 0 aliphatic heterocycles. The zero-order valence-corrected chi connectivity index (χ0v) is 5.96. The third kappa shape index (κ3) is 1.52. The smallest absolute Gasteiger partial charge is 0.192 e. The minimum absolute atomic E-state index is 0.303. The number of nitrogens with zero attached hydrogens (tertiary/aromatic N) is 1. The van der Waals surface area contributed by atoms with Crippen molar-refractivity contribution in [2.45, 2.75) is 6.18 Å². The van der Waals surface area contributed by atoms with Crippen molar-refractivity contribution in [3.8, 4) is 6.07 Å². The Hall–Kier alpha value is -1.02. The highest BCUT2D eigenvalue weighted by molar-refractivity contribution is 7.08. The van der Waals surface area contributed by atoms with Crippen molar-refractivity contribution < 1.29 is 13.2 Å². The van der Waals surface area contributed by atoms with Gasteiger partial charge < -0.3 is 0 Å². The molecule has 1 nitrogen and oxygen atoms in total. The summed E-state index contributed by atoms with van der Waals surface area (Å²) in [7, 11) is 0. The van der Waals surface area contributed by atoms with Gasteiger partial charge in [-0.1, -0.05) is 0 Å². The largest absolute Gasteiger partial charge is 0.418 e. The first-order valence-electron chi connectivity index (χ1n) is 2.59. The van der Waals surface area contributed by atoms with Crippen LogP contribution in [0.3, 0.4) is 0 Å². The maximum Gasteiger partial charge on any atom is 0.418 e. The van der Waals surface area contributed by atoms with Crippen LogP contribution in [-0.2, 0) is 6.18 Å². The minimum Gasteiger partial charge on any atom is -0.192 e. The molecule has 0 atom stereocenters. The van der Waals surface area contributed by atoms with E-state index in [0.29, 0.717) is 0 Å². The van der Waals surface area contributed by atoms with Crippen molar-refractivity contribution in [3.05, 3.63) is 21.9 Å². The van der Waals surface area contributed by atoms with Gasteiger partial charge in [0.05, 0.1) is 11.1 Å².